The topological polar surface area (TPSA) is 75.4 Å². The van der Waals surface area contributed by atoms with E-state index in [9.17, 15) is 8.42 Å². The molecular formula is C15H23N3O2S. The highest BCUT2D eigenvalue weighted by Gasteiger charge is 2.34. The van der Waals surface area contributed by atoms with Gasteiger partial charge in [-0.25, -0.2) is 13.1 Å². The van der Waals surface area contributed by atoms with Crippen molar-refractivity contribution in [3.63, 3.8) is 0 Å². The fourth-order valence-corrected chi connectivity index (χ4v) is 4.30. The molecule has 21 heavy (non-hydrogen) atoms. The normalized spacial score (nSPS) is 23.6. The largest absolute Gasteiger partial charge is 0.399 e. The van der Waals surface area contributed by atoms with Crippen molar-refractivity contribution in [1.82, 2.24) is 9.62 Å². The maximum absolute atomic E-state index is 12.3. The van der Waals surface area contributed by atoms with Crippen molar-refractivity contribution in [3.05, 3.63) is 23.8 Å². The molecule has 1 aromatic carbocycles. The number of benzene rings is 1. The molecule has 1 atom stereocenters. The number of sulfonamides is 1. The number of aryl methyl sites for hydroxylation is 1. The molecule has 1 saturated heterocycles. The smallest absolute Gasteiger partial charge is 0.240 e. The molecule has 1 aromatic rings. The van der Waals surface area contributed by atoms with Gasteiger partial charge in [-0.15, -0.1) is 0 Å². The molecule has 2 aliphatic rings. The third kappa shape index (κ3) is 3.56. The fourth-order valence-electron chi connectivity index (χ4n) is 3.04. The fraction of sp³-hybridized carbons (Fsp3) is 0.600. The van der Waals surface area contributed by atoms with E-state index in [1.807, 2.05) is 6.92 Å². The van der Waals surface area contributed by atoms with Crippen molar-refractivity contribution in [2.45, 2.75) is 37.1 Å². The summed E-state index contributed by atoms with van der Waals surface area (Å²) in [6.45, 7) is 4.48. The third-order valence-corrected chi connectivity index (χ3v) is 5.73. The van der Waals surface area contributed by atoms with Crippen LogP contribution < -0.4 is 10.5 Å². The summed E-state index contributed by atoms with van der Waals surface area (Å²) in [5.41, 5.74) is 7.07. The van der Waals surface area contributed by atoms with Crippen LogP contribution in [0.25, 0.3) is 0 Å². The molecule has 0 spiro atoms. The quantitative estimate of drug-likeness (QED) is 0.805. The molecule has 1 aliphatic heterocycles. The van der Waals surface area contributed by atoms with Gasteiger partial charge in [0.25, 0.3) is 0 Å². The Hall–Kier alpha value is -1.11. The highest BCUT2D eigenvalue weighted by molar-refractivity contribution is 7.89. The van der Waals surface area contributed by atoms with E-state index in [0.717, 1.165) is 31.1 Å². The molecule has 3 rings (SSSR count). The molecule has 6 heteroatoms. The molecule has 5 nitrogen and oxygen atoms in total. The molecule has 1 unspecified atom stereocenters. The first-order chi connectivity index (χ1) is 9.94. The van der Waals surface area contributed by atoms with Crippen molar-refractivity contribution >= 4 is 15.7 Å². The molecule has 3 N–H and O–H groups in total. The summed E-state index contributed by atoms with van der Waals surface area (Å²) >= 11 is 0. The zero-order valence-electron chi connectivity index (χ0n) is 12.4. The van der Waals surface area contributed by atoms with Gasteiger partial charge < -0.3 is 10.6 Å². The zero-order valence-corrected chi connectivity index (χ0v) is 13.2. The van der Waals surface area contributed by atoms with Crippen LogP contribution in [0.3, 0.4) is 0 Å². The number of likely N-dealkylation sites (tertiary alicyclic amines) is 1. The SMILES string of the molecule is Cc1cc(N)cc(S(=O)(=O)NCC2CCN(C3CC3)C2)c1. The molecule has 0 bridgehead atoms. The lowest BCUT2D eigenvalue weighted by Gasteiger charge is -2.15. The Kier molecular flexibility index (Phi) is 3.94. The number of anilines is 1. The van der Waals surface area contributed by atoms with E-state index in [4.69, 9.17) is 5.73 Å². The maximum Gasteiger partial charge on any atom is 0.240 e. The highest BCUT2D eigenvalue weighted by Crippen LogP contribution is 2.31. The minimum atomic E-state index is -3.46. The molecular weight excluding hydrogens is 286 g/mol. The predicted octanol–water partition coefficient (Wildman–Crippen LogP) is 1.34. The van der Waals surface area contributed by atoms with E-state index < -0.39 is 10.0 Å². The lowest BCUT2D eigenvalue weighted by atomic mass is 10.1. The first kappa shape index (κ1) is 14.8. The lowest BCUT2D eigenvalue weighted by Crippen LogP contribution is -2.31. The van der Waals surface area contributed by atoms with Crippen LogP contribution in [0.4, 0.5) is 5.69 Å². The number of nitrogens with two attached hydrogens (primary N) is 1. The Morgan fingerprint density at radius 1 is 1.29 bits per heavy atom. The van der Waals surface area contributed by atoms with Crippen LogP contribution in [0.15, 0.2) is 23.1 Å². The van der Waals surface area contributed by atoms with Crippen LogP contribution in [0.1, 0.15) is 24.8 Å². The van der Waals surface area contributed by atoms with Crippen LogP contribution in [-0.2, 0) is 10.0 Å². The van der Waals surface area contributed by atoms with E-state index in [2.05, 4.69) is 9.62 Å². The Labute approximate surface area is 126 Å². The number of nitrogens with zero attached hydrogens (tertiary/aromatic N) is 1. The van der Waals surface area contributed by atoms with Crippen LogP contribution in [-0.4, -0.2) is 39.0 Å². The second-order valence-corrected chi connectivity index (χ2v) is 8.08. The van der Waals surface area contributed by atoms with Crippen LogP contribution in [0, 0.1) is 12.8 Å². The number of hydrogen-bond acceptors (Lipinski definition) is 4. The van der Waals surface area contributed by atoms with Gasteiger partial charge in [-0.1, -0.05) is 0 Å². The van der Waals surface area contributed by atoms with Gasteiger partial charge in [0, 0.05) is 24.8 Å². The standard InChI is InChI=1S/C15H23N3O2S/c1-11-6-13(16)8-15(7-11)21(19,20)17-9-12-4-5-18(10-12)14-2-3-14/h6-8,12,14,17H,2-5,9-10,16H2,1H3. The van der Waals surface area contributed by atoms with E-state index in [0.29, 0.717) is 18.2 Å². The van der Waals surface area contributed by atoms with E-state index in [1.54, 1.807) is 12.1 Å². The van der Waals surface area contributed by atoms with Crippen molar-refractivity contribution in [1.29, 1.82) is 0 Å². The summed E-state index contributed by atoms with van der Waals surface area (Å²) < 4.78 is 27.4. The average molecular weight is 309 g/mol. The molecule has 1 saturated carbocycles. The van der Waals surface area contributed by atoms with Gasteiger partial charge in [0.2, 0.25) is 10.0 Å². The monoisotopic (exact) mass is 309 g/mol. The Balaban J connectivity index is 1.61. The number of rotatable bonds is 5. The van der Waals surface area contributed by atoms with Gasteiger partial charge in [0.15, 0.2) is 0 Å². The highest BCUT2D eigenvalue weighted by atomic mass is 32.2. The second-order valence-electron chi connectivity index (χ2n) is 6.31. The van der Waals surface area contributed by atoms with Gasteiger partial charge in [-0.3, -0.25) is 0 Å². The van der Waals surface area contributed by atoms with Gasteiger partial charge in [0.1, 0.15) is 0 Å². The lowest BCUT2D eigenvalue weighted by molar-refractivity contribution is 0.314. The van der Waals surface area contributed by atoms with Crippen LogP contribution in [0.5, 0.6) is 0 Å². The summed E-state index contributed by atoms with van der Waals surface area (Å²) in [5.74, 6) is 0.419. The van der Waals surface area contributed by atoms with Gasteiger partial charge in [-0.05, 0) is 62.4 Å². The third-order valence-electron chi connectivity index (χ3n) is 4.33. The molecule has 0 aromatic heterocycles. The molecule has 1 heterocycles. The summed E-state index contributed by atoms with van der Waals surface area (Å²) in [6.07, 6.45) is 3.69. The minimum absolute atomic E-state index is 0.261. The predicted molar refractivity (Wildman–Crippen MR) is 83.5 cm³/mol. The maximum atomic E-state index is 12.3. The van der Waals surface area contributed by atoms with E-state index in [-0.39, 0.29) is 4.90 Å². The van der Waals surface area contributed by atoms with Crippen LogP contribution in [0.2, 0.25) is 0 Å². The molecule has 0 radical (unpaired) electrons. The van der Waals surface area contributed by atoms with Crippen LogP contribution >= 0.6 is 0 Å². The van der Waals surface area contributed by atoms with Gasteiger partial charge in [0.05, 0.1) is 4.90 Å². The summed E-state index contributed by atoms with van der Waals surface area (Å²) in [6, 6.07) is 5.71. The van der Waals surface area contributed by atoms with E-state index >= 15 is 0 Å². The van der Waals surface area contributed by atoms with E-state index in [1.165, 1.54) is 18.9 Å². The summed E-state index contributed by atoms with van der Waals surface area (Å²) in [5, 5.41) is 0. The van der Waals surface area contributed by atoms with Gasteiger partial charge in [-0.2, -0.15) is 0 Å². The van der Waals surface area contributed by atoms with Crippen molar-refractivity contribution in [2.75, 3.05) is 25.4 Å². The number of nitrogens with one attached hydrogen (secondary N) is 1. The number of hydrogen-bond donors (Lipinski definition) is 2. The summed E-state index contributed by atoms with van der Waals surface area (Å²) in [7, 11) is -3.46. The zero-order chi connectivity index (χ0) is 15.0. The van der Waals surface area contributed by atoms with Gasteiger partial charge >= 0.3 is 0 Å². The Bertz CT molecular complexity index is 606. The first-order valence-electron chi connectivity index (χ1n) is 7.55. The molecule has 1 aliphatic carbocycles. The van der Waals surface area contributed by atoms with Crippen molar-refractivity contribution in [3.8, 4) is 0 Å². The molecule has 116 valence electrons. The van der Waals surface area contributed by atoms with Crippen molar-refractivity contribution < 1.29 is 8.42 Å². The Morgan fingerprint density at radius 2 is 2.05 bits per heavy atom. The Morgan fingerprint density at radius 3 is 2.71 bits per heavy atom. The molecule has 2 fully saturated rings. The first-order valence-corrected chi connectivity index (χ1v) is 9.03. The average Bonchev–Trinajstić information content (AvgIpc) is 3.15. The second kappa shape index (κ2) is 5.59. The molecule has 0 amide bonds. The summed E-state index contributed by atoms with van der Waals surface area (Å²) in [4.78, 5) is 2.75. The number of nitrogen functional groups attached to an aromatic ring is 1. The van der Waals surface area contributed by atoms with Crippen molar-refractivity contribution in [2.24, 2.45) is 5.92 Å². The minimum Gasteiger partial charge on any atom is -0.399 e.